The van der Waals surface area contributed by atoms with Crippen LogP contribution in [-0.4, -0.2) is 131 Å². The zero-order valence-corrected chi connectivity index (χ0v) is 48.2. The second-order valence-corrected chi connectivity index (χ2v) is 28.0. The van der Waals surface area contributed by atoms with E-state index in [1.54, 1.807) is 62.3 Å². The predicted octanol–water partition coefficient (Wildman–Crippen LogP) is 12.5. The molecule has 15 nitrogen and oxygen atoms in total. The van der Waals surface area contributed by atoms with E-state index in [1.807, 2.05) is 16.7 Å². The number of nitrogens with zero attached hydrogens (tertiary/aromatic N) is 9. The number of H-pyrrole nitrogens is 1. The van der Waals surface area contributed by atoms with Crippen molar-refractivity contribution in [3.63, 3.8) is 0 Å². The fraction of sp³-hybridized carbons (Fsp3) is 0.500. The van der Waals surface area contributed by atoms with E-state index < -0.39 is 8.07 Å². The van der Waals surface area contributed by atoms with Gasteiger partial charge in [0.15, 0.2) is 33.3 Å². The average Bonchev–Trinajstić information content (AvgIpc) is 3.93. The standard InChI is InChI=1S/C29H42ClN5O3SSi.C23H28ClN5O2S/c1-9-34(10-2)11-12-38-25-15-22(23(30)16-24(25)36-5)27-26-21(17-31)18-35(19-37-13-14-40(6,7)8)28(26)33-29(32-27)39-20(3)4;1-6-29(7-2)8-9-31-19-10-16(17(24)11-18(19)30-5)21-20-15(12-25)13-26-22(20)28-23(27-21)32-14(3)4/h15-16,18,20H,9-14,19H2,1-8H3;10-11,13-14H,6-9H2,1-5H3,(H,26,27,28). The first-order valence-electron chi connectivity index (χ1n) is 24.4. The fourth-order valence-corrected chi connectivity index (χ4v) is 10.2. The van der Waals surface area contributed by atoms with Crippen molar-refractivity contribution < 1.29 is 23.7 Å². The van der Waals surface area contributed by atoms with Gasteiger partial charge >= 0.3 is 0 Å². The number of aromatic nitrogens is 6. The van der Waals surface area contributed by atoms with Gasteiger partial charge in [-0.1, -0.05) is 122 Å². The molecule has 0 fully saturated rings. The van der Waals surface area contributed by atoms with E-state index in [9.17, 15) is 10.5 Å². The number of fused-ring (bicyclic) bond motifs is 2. The monoisotopic (exact) mass is 1080 g/mol. The van der Waals surface area contributed by atoms with Gasteiger partial charge in [-0.15, -0.1) is 0 Å². The molecule has 0 unspecified atom stereocenters. The van der Waals surface area contributed by atoms with Crippen molar-refractivity contribution >= 4 is 76.9 Å². The van der Waals surface area contributed by atoms with Crippen LogP contribution in [0.15, 0.2) is 47.0 Å². The molecule has 0 bridgehead atoms. The van der Waals surface area contributed by atoms with Crippen molar-refractivity contribution in [3.8, 4) is 57.7 Å². The number of thioether (sulfide) groups is 2. The molecule has 388 valence electrons. The van der Waals surface area contributed by atoms with Crippen LogP contribution in [0.2, 0.25) is 35.7 Å². The molecule has 6 aromatic rings. The van der Waals surface area contributed by atoms with E-state index in [0.717, 1.165) is 45.3 Å². The zero-order valence-electron chi connectivity index (χ0n) is 44.0. The molecule has 0 aliphatic heterocycles. The molecule has 4 heterocycles. The Balaban J connectivity index is 0.000000274. The number of aromatic amines is 1. The number of nitrogens with one attached hydrogen (secondary N) is 1. The fourth-order valence-electron chi connectivity index (χ4n) is 7.54. The lowest BCUT2D eigenvalue weighted by Crippen LogP contribution is -2.27. The molecular weight excluding hydrogens is 1010 g/mol. The Hall–Kier alpha value is -4.76. The van der Waals surface area contributed by atoms with Crippen molar-refractivity contribution in [2.24, 2.45) is 0 Å². The number of hydrogen-bond donors (Lipinski definition) is 1. The van der Waals surface area contributed by atoms with E-state index in [-0.39, 0.29) is 5.25 Å². The van der Waals surface area contributed by atoms with Crippen LogP contribution in [0.1, 0.15) is 66.5 Å². The molecule has 4 aromatic heterocycles. The summed E-state index contributed by atoms with van der Waals surface area (Å²) in [7, 11) is 1.96. The van der Waals surface area contributed by atoms with Gasteiger partial charge in [0.2, 0.25) is 0 Å². The Labute approximate surface area is 445 Å². The first kappa shape index (κ1) is 58.1. The van der Waals surface area contributed by atoms with Gasteiger partial charge in [-0.05, 0) is 44.4 Å². The third-order valence-electron chi connectivity index (χ3n) is 11.5. The molecule has 0 saturated heterocycles. The van der Waals surface area contributed by atoms with E-state index in [0.29, 0.717) is 131 Å². The number of nitriles is 2. The van der Waals surface area contributed by atoms with Gasteiger partial charge in [-0.3, -0.25) is 0 Å². The SMILES string of the molecule is CCN(CC)CCOc1cc(-c2nc(SC(C)C)nc3[nH]cc(C#N)c23)c(Cl)cc1OC.CCN(CC)CCOc1cc(-c2nc(SC(C)C)nc3c2c(C#N)cn3COCC[Si](C)(C)C)c(Cl)cc1OC. The van der Waals surface area contributed by atoms with Crippen LogP contribution in [0.5, 0.6) is 23.0 Å². The third kappa shape index (κ3) is 15.4. The van der Waals surface area contributed by atoms with Crippen LogP contribution in [0.3, 0.4) is 0 Å². The summed E-state index contributed by atoms with van der Waals surface area (Å²) < 4.78 is 31.3. The topological polar surface area (TPSA) is 172 Å². The Morgan fingerprint density at radius 1 is 0.681 bits per heavy atom. The molecule has 0 spiro atoms. The molecule has 0 atom stereocenters. The molecule has 0 aliphatic rings. The summed E-state index contributed by atoms with van der Waals surface area (Å²) in [6.07, 6.45) is 3.44. The van der Waals surface area contributed by atoms with E-state index in [4.69, 9.17) is 61.8 Å². The first-order valence-corrected chi connectivity index (χ1v) is 30.6. The average molecular weight is 1080 g/mol. The number of ether oxygens (including phenoxy) is 5. The summed E-state index contributed by atoms with van der Waals surface area (Å²) in [6.45, 7) is 31.3. The predicted molar refractivity (Wildman–Crippen MR) is 297 cm³/mol. The van der Waals surface area contributed by atoms with Crippen molar-refractivity contribution in [2.75, 3.05) is 73.3 Å². The van der Waals surface area contributed by atoms with Gasteiger partial charge in [0.25, 0.3) is 0 Å². The van der Waals surface area contributed by atoms with Crippen molar-refractivity contribution in [2.45, 2.75) is 109 Å². The first-order chi connectivity index (χ1) is 34.4. The molecule has 0 amide bonds. The number of methoxy groups -OCH3 is 2. The molecule has 0 radical (unpaired) electrons. The number of likely N-dealkylation sites (N-methyl/N-ethyl adjacent to an activating group) is 2. The van der Waals surface area contributed by atoms with Gasteiger partial charge in [-0.25, -0.2) is 19.9 Å². The summed E-state index contributed by atoms with van der Waals surface area (Å²) in [5.41, 5.74) is 4.69. The molecule has 0 aliphatic carbocycles. The van der Waals surface area contributed by atoms with Crippen LogP contribution in [0.4, 0.5) is 0 Å². The second kappa shape index (κ2) is 27.5. The Bertz CT molecular complexity index is 2830. The largest absolute Gasteiger partial charge is 0.493 e. The highest BCUT2D eigenvalue weighted by molar-refractivity contribution is 7.99. The second-order valence-electron chi connectivity index (χ2n) is 18.5. The summed E-state index contributed by atoms with van der Waals surface area (Å²) in [5.74, 6) is 2.25. The summed E-state index contributed by atoms with van der Waals surface area (Å²) in [4.78, 5) is 26.8. The van der Waals surface area contributed by atoms with E-state index in [1.165, 1.54) is 0 Å². The van der Waals surface area contributed by atoms with Crippen LogP contribution in [0, 0.1) is 22.7 Å². The van der Waals surface area contributed by atoms with Crippen molar-refractivity contribution in [1.29, 1.82) is 10.5 Å². The maximum absolute atomic E-state index is 10.1. The van der Waals surface area contributed by atoms with Gasteiger partial charge in [0.1, 0.15) is 43.4 Å². The van der Waals surface area contributed by atoms with Gasteiger partial charge in [-0.2, -0.15) is 10.5 Å². The lowest BCUT2D eigenvalue weighted by molar-refractivity contribution is 0.0898. The summed E-state index contributed by atoms with van der Waals surface area (Å²) >= 11 is 16.6. The molecule has 72 heavy (non-hydrogen) atoms. The molecule has 0 saturated carbocycles. The summed E-state index contributed by atoms with van der Waals surface area (Å²) in [6, 6.07) is 12.8. The smallest absolute Gasteiger partial charge is 0.190 e. The molecule has 20 heteroatoms. The molecule has 2 aromatic carbocycles. The number of hydrogen-bond acceptors (Lipinski definition) is 15. The van der Waals surface area contributed by atoms with Crippen LogP contribution in [-0.2, 0) is 11.5 Å². The minimum Gasteiger partial charge on any atom is -0.493 e. The van der Waals surface area contributed by atoms with Crippen LogP contribution >= 0.6 is 46.7 Å². The van der Waals surface area contributed by atoms with Crippen molar-refractivity contribution in [3.05, 3.63) is 57.8 Å². The minimum atomic E-state index is -1.23. The molecule has 6 rings (SSSR count). The van der Waals surface area contributed by atoms with Gasteiger partial charge in [0, 0.05) is 73.9 Å². The number of rotatable bonds is 25. The molecule has 1 N–H and O–H groups in total. The third-order valence-corrected chi connectivity index (χ3v) is 15.6. The summed E-state index contributed by atoms with van der Waals surface area (Å²) in [5, 5.41) is 23.7. The van der Waals surface area contributed by atoms with Gasteiger partial charge in [0.05, 0.1) is 57.6 Å². The van der Waals surface area contributed by atoms with Crippen LogP contribution in [0.25, 0.3) is 44.6 Å². The minimum absolute atomic E-state index is 0.266. The lowest BCUT2D eigenvalue weighted by Gasteiger charge is -2.19. The normalized spacial score (nSPS) is 11.7. The highest BCUT2D eigenvalue weighted by Crippen LogP contribution is 2.43. The Morgan fingerprint density at radius 2 is 1.17 bits per heavy atom. The Morgan fingerprint density at radius 3 is 1.61 bits per heavy atom. The van der Waals surface area contributed by atoms with E-state index >= 15 is 0 Å². The number of halogens is 2. The number of benzene rings is 2. The molecular formula is C52H70Cl2N10O5S2Si. The van der Waals surface area contributed by atoms with Gasteiger partial charge < -0.3 is 43.0 Å². The van der Waals surface area contributed by atoms with Crippen molar-refractivity contribution in [1.82, 2.24) is 39.3 Å². The van der Waals surface area contributed by atoms with Crippen LogP contribution < -0.4 is 18.9 Å². The van der Waals surface area contributed by atoms with E-state index in [2.05, 4.69) is 107 Å². The highest BCUT2D eigenvalue weighted by atomic mass is 35.5. The lowest BCUT2D eigenvalue weighted by atomic mass is 10.1. The quantitative estimate of drug-likeness (QED) is 0.0248. The zero-order chi connectivity index (χ0) is 52.7. The Kier molecular flexibility index (Phi) is 22.2. The highest BCUT2D eigenvalue weighted by Gasteiger charge is 2.24. The maximum atomic E-state index is 10.1. The maximum Gasteiger partial charge on any atom is 0.190 e.